The van der Waals surface area contributed by atoms with Crippen LogP contribution in [0, 0.1) is 0 Å². The number of aromatic nitrogens is 3. The van der Waals surface area contributed by atoms with Gasteiger partial charge in [-0.2, -0.15) is 0 Å². The van der Waals surface area contributed by atoms with Crippen LogP contribution >= 0.6 is 23.1 Å². The van der Waals surface area contributed by atoms with Crippen LogP contribution in [-0.4, -0.2) is 46.1 Å². The molecule has 190 valence electrons. The van der Waals surface area contributed by atoms with Gasteiger partial charge in [0.2, 0.25) is 5.91 Å². The summed E-state index contributed by atoms with van der Waals surface area (Å²) in [6, 6.07) is 17.1. The van der Waals surface area contributed by atoms with Crippen LogP contribution in [0.25, 0.3) is 22.5 Å². The number of thiophene rings is 1. The van der Waals surface area contributed by atoms with Gasteiger partial charge in [-0.05, 0) is 24.6 Å². The summed E-state index contributed by atoms with van der Waals surface area (Å²) in [6.45, 7) is 6.28. The van der Waals surface area contributed by atoms with Crippen molar-refractivity contribution >= 4 is 40.0 Å². The zero-order valence-electron chi connectivity index (χ0n) is 20.5. The molecule has 0 radical (unpaired) electrons. The normalized spacial score (nSPS) is 10.6. The van der Waals surface area contributed by atoms with E-state index in [1.807, 2.05) is 64.5 Å². The quantitative estimate of drug-likeness (QED) is 0.148. The van der Waals surface area contributed by atoms with E-state index >= 15 is 0 Å². The number of thioether (sulfide) groups is 1. The summed E-state index contributed by atoms with van der Waals surface area (Å²) in [6.07, 6.45) is 1.74. The van der Waals surface area contributed by atoms with Crippen LogP contribution in [0.2, 0.25) is 0 Å². The number of carbonyl (C=O) groups excluding carboxylic acids is 2. The van der Waals surface area contributed by atoms with Crippen LogP contribution in [-0.2, 0) is 16.1 Å². The molecule has 1 amide bonds. The van der Waals surface area contributed by atoms with Crippen molar-refractivity contribution in [3.63, 3.8) is 0 Å². The maximum Gasteiger partial charge on any atom is 0.341 e. The minimum Gasteiger partial charge on any atom is -0.496 e. The third-order valence-electron chi connectivity index (χ3n) is 5.32. The molecule has 0 bridgehead atoms. The predicted octanol–water partition coefficient (Wildman–Crippen LogP) is 5.78. The first-order valence-electron chi connectivity index (χ1n) is 11.5. The van der Waals surface area contributed by atoms with E-state index in [-0.39, 0.29) is 18.3 Å². The van der Waals surface area contributed by atoms with Gasteiger partial charge in [-0.25, -0.2) is 4.79 Å². The van der Waals surface area contributed by atoms with E-state index in [1.165, 1.54) is 23.1 Å². The van der Waals surface area contributed by atoms with Gasteiger partial charge in [-0.1, -0.05) is 60.3 Å². The molecule has 0 aliphatic heterocycles. The average molecular weight is 535 g/mol. The number of benzene rings is 2. The fraction of sp³-hybridized carbons (Fsp3) is 0.185. The molecule has 4 rings (SSSR count). The van der Waals surface area contributed by atoms with Crippen molar-refractivity contribution in [1.29, 1.82) is 0 Å². The van der Waals surface area contributed by atoms with E-state index in [0.717, 1.165) is 16.7 Å². The molecule has 10 heteroatoms. The van der Waals surface area contributed by atoms with Crippen molar-refractivity contribution in [3.8, 4) is 28.3 Å². The summed E-state index contributed by atoms with van der Waals surface area (Å²) in [7, 11) is 1.60. The lowest BCUT2D eigenvalue weighted by atomic mass is 10.0. The number of hydrogen-bond donors (Lipinski definition) is 1. The minimum atomic E-state index is -0.474. The van der Waals surface area contributed by atoms with Crippen LogP contribution in [0.3, 0.4) is 0 Å². The van der Waals surface area contributed by atoms with Crippen molar-refractivity contribution in [3.05, 3.63) is 78.2 Å². The maximum absolute atomic E-state index is 12.9. The molecule has 37 heavy (non-hydrogen) atoms. The number of esters is 1. The van der Waals surface area contributed by atoms with E-state index in [2.05, 4.69) is 22.1 Å². The lowest BCUT2D eigenvalue weighted by Gasteiger charge is -2.11. The molecule has 0 saturated carbocycles. The molecule has 8 nitrogen and oxygen atoms in total. The number of amides is 1. The number of nitrogens with one attached hydrogen (secondary N) is 1. The molecule has 0 aliphatic rings. The predicted molar refractivity (Wildman–Crippen MR) is 147 cm³/mol. The van der Waals surface area contributed by atoms with Gasteiger partial charge < -0.3 is 14.8 Å². The number of anilines is 1. The van der Waals surface area contributed by atoms with Crippen LogP contribution in [0.1, 0.15) is 17.3 Å². The standard InChI is InChI=1S/C27H26N4O4S2/c1-4-15-31-24(19-13-9-10-14-21(19)34-3)29-30-27(31)37-17-22(32)28-25-23(26(33)35-5-2)20(16-36-25)18-11-7-6-8-12-18/h4,6-14,16H,1,5,15,17H2,2-3H3,(H,28,32). The third kappa shape index (κ3) is 5.92. The molecule has 0 unspecified atom stereocenters. The van der Waals surface area contributed by atoms with Crippen LogP contribution in [0.4, 0.5) is 5.00 Å². The van der Waals surface area contributed by atoms with Crippen LogP contribution < -0.4 is 10.1 Å². The monoisotopic (exact) mass is 534 g/mol. The second-order valence-corrected chi connectivity index (χ2v) is 9.50. The number of ether oxygens (including phenoxy) is 2. The lowest BCUT2D eigenvalue weighted by Crippen LogP contribution is -2.17. The number of rotatable bonds is 11. The van der Waals surface area contributed by atoms with Crippen LogP contribution in [0.5, 0.6) is 5.75 Å². The smallest absolute Gasteiger partial charge is 0.341 e. The summed E-state index contributed by atoms with van der Waals surface area (Å²) in [4.78, 5) is 25.7. The Bertz CT molecular complexity index is 1400. The summed E-state index contributed by atoms with van der Waals surface area (Å²) >= 11 is 2.54. The Morgan fingerprint density at radius 3 is 2.59 bits per heavy atom. The fourth-order valence-corrected chi connectivity index (χ4v) is 5.42. The number of nitrogens with zero attached hydrogens (tertiary/aromatic N) is 3. The molecule has 0 atom stereocenters. The van der Waals surface area contributed by atoms with Gasteiger partial charge >= 0.3 is 5.97 Å². The van der Waals surface area contributed by atoms with Crippen molar-refractivity contribution in [1.82, 2.24) is 14.8 Å². The van der Waals surface area contributed by atoms with Crippen molar-refractivity contribution in [2.75, 3.05) is 24.8 Å². The molecule has 0 saturated heterocycles. The van der Waals surface area contributed by atoms with Gasteiger partial charge in [-0.15, -0.1) is 28.1 Å². The number of para-hydroxylation sites is 1. The Kier molecular flexibility index (Phi) is 8.76. The number of carbonyl (C=O) groups is 2. The number of hydrogen-bond acceptors (Lipinski definition) is 8. The van der Waals surface area contributed by atoms with E-state index in [9.17, 15) is 9.59 Å². The summed E-state index contributed by atoms with van der Waals surface area (Å²) in [5.74, 6) is 0.618. The molecular formula is C27H26N4O4S2. The topological polar surface area (TPSA) is 95.3 Å². The molecule has 2 heterocycles. The molecule has 0 aliphatic carbocycles. The van der Waals surface area contributed by atoms with Gasteiger partial charge in [0.15, 0.2) is 11.0 Å². The highest BCUT2D eigenvalue weighted by Crippen LogP contribution is 2.36. The molecule has 0 fully saturated rings. The van der Waals surface area contributed by atoms with E-state index in [1.54, 1.807) is 20.1 Å². The Labute approximate surface area is 223 Å². The molecule has 4 aromatic rings. The maximum atomic E-state index is 12.9. The Hall–Kier alpha value is -3.89. The highest BCUT2D eigenvalue weighted by Gasteiger charge is 2.23. The molecular weight excluding hydrogens is 508 g/mol. The van der Waals surface area contributed by atoms with Gasteiger partial charge in [0, 0.05) is 17.5 Å². The van der Waals surface area contributed by atoms with Crippen LogP contribution in [0.15, 0.2) is 77.8 Å². The molecule has 0 spiro atoms. The van der Waals surface area contributed by atoms with Crippen molar-refractivity contribution in [2.24, 2.45) is 0 Å². The van der Waals surface area contributed by atoms with E-state index in [0.29, 0.717) is 33.8 Å². The lowest BCUT2D eigenvalue weighted by molar-refractivity contribution is -0.113. The van der Waals surface area contributed by atoms with Crippen molar-refractivity contribution < 1.29 is 19.1 Å². The van der Waals surface area contributed by atoms with Gasteiger partial charge in [0.25, 0.3) is 0 Å². The van der Waals surface area contributed by atoms with E-state index in [4.69, 9.17) is 9.47 Å². The second kappa shape index (κ2) is 12.4. The Balaban J connectivity index is 1.54. The minimum absolute atomic E-state index is 0.0715. The second-order valence-electron chi connectivity index (χ2n) is 7.68. The number of allylic oxidation sites excluding steroid dienone is 1. The Morgan fingerprint density at radius 1 is 1.11 bits per heavy atom. The highest BCUT2D eigenvalue weighted by atomic mass is 32.2. The first kappa shape index (κ1) is 26.2. The molecule has 2 aromatic heterocycles. The summed E-state index contributed by atoms with van der Waals surface area (Å²) in [5.41, 5.74) is 2.74. The highest BCUT2D eigenvalue weighted by molar-refractivity contribution is 7.99. The van der Waals surface area contributed by atoms with Gasteiger partial charge in [0.1, 0.15) is 16.3 Å². The largest absolute Gasteiger partial charge is 0.496 e. The third-order valence-corrected chi connectivity index (χ3v) is 7.18. The molecule has 1 N–H and O–H groups in total. The zero-order valence-corrected chi connectivity index (χ0v) is 22.1. The van der Waals surface area contributed by atoms with E-state index < -0.39 is 5.97 Å². The van der Waals surface area contributed by atoms with Crippen molar-refractivity contribution in [2.45, 2.75) is 18.6 Å². The summed E-state index contributed by atoms with van der Waals surface area (Å²) in [5, 5.41) is 14.4. The average Bonchev–Trinajstić information content (AvgIpc) is 3.52. The number of methoxy groups -OCH3 is 1. The zero-order chi connectivity index (χ0) is 26.2. The first-order valence-corrected chi connectivity index (χ1v) is 13.4. The van der Waals surface area contributed by atoms with Gasteiger partial charge in [-0.3, -0.25) is 9.36 Å². The first-order chi connectivity index (χ1) is 18.1. The SMILES string of the molecule is C=CCn1c(SCC(=O)Nc2scc(-c3ccccc3)c2C(=O)OCC)nnc1-c1ccccc1OC. The fourth-order valence-electron chi connectivity index (χ4n) is 3.70. The summed E-state index contributed by atoms with van der Waals surface area (Å²) < 4.78 is 12.6. The van der Waals surface area contributed by atoms with Gasteiger partial charge in [0.05, 0.1) is 25.0 Å². The molecule has 2 aromatic carbocycles. The Morgan fingerprint density at radius 2 is 1.86 bits per heavy atom.